The van der Waals surface area contributed by atoms with E-state index in [-0.39, 0.29) is 12.6 Å². The van der Waals surface area contributed by atoms with E-state index in [9.17, 15) is 4.57 Å². The summed E-state index contributed by atoms with van der Waals surface area (Å²) in [7, 11) is 1.05. The second-order valence-corrected chi connectivity index (χ2v) is 12.9. The lowest BCUT2D eigenvalue weighted by atomic mass is 9.92. The van der Waals surface area contributed by atoms with E-state index in [1.165, 1.54) is 0 Å². The van der Waals surface area contributed by atoms with Gasteiger partial charge in [-0.1, -0.05) is 25.1 Å². The first kappa shape index (κ1) is 30.5. The maximum atomic E-state index is 13.6. The molecule has 0 aromatic heterocycles. The van der Waals surface area contributed by atoms with E-state index in [1.807, 2.05) is 53.7 Å². The predicted molar refractivity (Wildman–Crippen MR) is 150 cm³/mol. The molecule has 0 bridgehead atoms. The van der Waals surface area contributed by atoms with Crippen molar-refractivity contribution in [3.63, 3.8) is 0 Å². The fraction of sp³-hybridized carbons (Fsp3) is 0.586. The molecule has 0 spiro atoms. The van der Waals surface area contributed by atoms with E-state index in [1.54, 1.807) is 21.3 Å². The van der Waals surface area contributed by atoms with Crippen LogP contribution >= 0.6 is 7.82 Å². The van der Waals surface area contributed by atoms with Crippen molar-refractivity contribution in [3.05, 3.63) is 41.0 Å². The molecule has 0 fully saturated rings. The number of benzene rings is 2. The number of phosphoric acid groups is 1. The van der Waals surface area contributed by atoms with Crippen molar-refractivity contribution in [1.82, 2.24) is 5.32 Å². The van der Waals surface area contributed by atoms with Crippen LogP contribution in [0.5, 0.6) is 17.2 Å². The Balaban J connectivity index is 2.07. The van der Waals surface area contributed by atoms with Crippen LogP contribution in [0.15, 0.2) is 24.3 Å². The number of rotatable bonds is 10. The Labute approximate surface area is 227 Å². The topological polar surface area (TPSA) is 84.5 Å². The largest absolute Gasteiger partial charge is 0.493 e. The molecule has 1 atom stereocenters. The number of methoxy groups -OCH3 is 3. The van der Waals surface area contributed by atoms with Crippen LogP contribution in [0.1, 0.15) is 77.6 Å². The molecule has 0 saturated carbocycles. The Bertz CT molecular complexity index is 1150. The van der Waals surface area contributed by atoms with Gasteiger partial charge in [-0.3, -0.25) is 13.6 Å². The maximum absolute atomic E-state index is 13.6. The van der Waals surface area contributed by atoms with Gasteiger partial charge in [0.2, 0.25) is 5.75 Å². The third-order valence-electron chi connectivity index (χ3n) is 5.99. The van der Waals surface area contributed by atoms with E-state index in [2.05, 4.69) is 24.4 Å². The lowest BCUT2D eigenvalue weighted by molar-refractivity contribution is 0.000842. The van der Waals surface area contributed by atoms with Crippen LogP contribution in [0.25, 0.3) is 11.1 Å². The number of fused-ring (bicyclic) bond motifs is 3. The third kappa shape index (κ3) is 7.30. The first-order chi connectivity index (χ1) is 17.7. The van der Waals surface area contributed by atoms with Gasteiger partial charge >= 0.3 is 7.82 Å². The molecular weight excluding hydrogens is 505 g/mol. The van der Waals surface area contributed by atoms with Crippen molar-refractivity contribution < 1.29 is 32.3 Å². The van der Waals surface area contributed by atoms with Gasteiger partial charge in [-0.05, 0) is 89.2 Å². The number of hydrogen-bond acceptors (Lipinski definition) is 8. The van der Waals surface area contributed by atoms with E-state index in [0.717, 1.165) is 47.2 Å². The summed E-state index contributed by atoms with van der Waals surface area (Å²) in [6.07, 6.45) is 1.72. The Hall–Kier alpha value is -2.09. The molecule has 9 heteroatoms. The molecule has 1 aliphatic carbocycles. The fourth-order valence-electron chi connectivity index (χ4n) is 4.73. The lowest BCUT2D eigenvalue weighted by Gasteiger charge is -2.31. The lowest BCUT2D eigenvalue weighted by Crippen LogP contribution is -2.24. The van der Waals surface area contributed by atoms with Gasteiger partial charge in [0.05, 0.1) is 39.1 Å². The van der Waals surface area contributed by atoms with Gasteiger partial charge in [-0.25, -0.2) is 4.57 Å². The second-order valence-electron chi connectivity index (χ2n) is 11.4. The van der Waals surface area contributed by atoms with Gasteiger partial charge < -0.3 is 19.5 Å². The van der Waals surface area contributed by atoms with Crippen LogP contribution in [0.3, 0.4) is 0 Å². The molecule has 3 rings (SSSR count). The third-order valence-corrected chi connectivity index (χ3v) is 7.97. The van der Waals surface area contributed by atoms with E-state index < -0.39 is 19.0 Å². The zero-order chi connectivity index (χ0) is 28.3. The summed E-state index contributed by atoms with van der Waals surface area (Å²) in [6, 6.07) is 8.29. The van der Waals surface area contributed by atoms with Crippen LogP contribution < -0.4 is 19.5 Å². The van der Waals surface area contributed by atoms with Crippen LogP contribution in [0.4, 0.5) is 0 Å². The average Bonchev–Trinajstić information content (AvgIpc) is 2.96. The van der Waals surface area contributed by atoms with Crippen molar-refractivity contribution in [2.24, 2.45) is 0 Å². The minimum atomic E-state index is -3.84. The maximum Gasteiger partial charge on any atom is 0.476 e. The molecule has 0 unspecified atom stereocenters. The molecule has 1 N–H and O–H groups in total. The van der Waals surface area contributed by atoms with Crippen LogP contribution in [-0.2, 0) is 31.2 Å². The monoisotopic (exact) mass is 549 g/mol. The molecular formula is C29H44NO7P. The standard InChI is InChI=1S/C29H44NO7P/c1-11-30-23-15-13-20-17-24(32-8)26(33-9)27(34-10)25(20)21-14-12-19(16-22(21)23)18-35-38(31,36-28(2,3)4)37-29(5,6)7/h12,14,16-17,23,30H,11,13,15,18H2,1-10H3/t23-/m0/s1. The van der Waals surface area contributed by atoms with E-state index in [0.29, 0.717) is 17.2 Å². The fourth-order valence-corrected chi connectivity index (χ4v) is 6.52. The quantitative estimate of drug-likeness (QED) is 0.311. The van der Waals surface area contributed by atoms with Crippen LogP contribution in [0, 0.1) is 0 Å². The summed E-state index contributed by atoms with van der Waals surface area (Å²) < 4.78 is 48.3. The van der Waals surface area contributed by atoms with Crippen LogP contribution in [-0.4, -0.2) is 39.1 Å². The molecule has 2 aromatic rings. The predicted octanol–water partition coefficient (Wildman–Crippen LogP) is 7.23. The molecule has 212 valence electrons. The molecule has 0 amide bonds. The van der Waals surface area contributed by atoms with Gasteiger partial charge in [-0.2, -0.15) is 0 Å². The Morgan fingerprint density at radius 1 is 0.921 bits per heavy atom. The number of aryl methyl sites for hydroxylation is 1. The van der Waals surface area contributed by atoms with Crippen molar-refractivity contribution in [3.8, 4) is 28.4 Å². The highest BCUT2D eigenvalue weighted by Gasteiger charge is 2.37. The molecule has 0 saturated heterocycles. The summed E-state index contributed by atoms with van der Waals surface area (Å²) in [5.41, 5.74) is 3.74. The van der Waals surface area contributed by atoms with Gasteiger partial charge in [-0.15, -0.1) is 0 Å². The Morgan fingerprint density at radius 2 is 1.55 bits per heavy atom. The van der Waals surface area contributed by atoms with E-state index in [4.69, 9.17) is 27.8 Å². The minimum absolute atomic E-state index is 0.0749. The zero-order valence-corrected chi connectivity index (χ0v) is 25.4. The highest BCUT2D eigenvalue weighted by molar-refractivity contribution is 7.48. The molecule has 2 aromatic carbocycles. The molecule has 8 nitrogen and oxygen atoms in total. The van der Waals surface area contributed by atoms with Gasteiger partial charge in [0.25, 0.3) is 0 Å². The first-order valence-corrected chi connectivity index (χ1v) is 14.5. The van der Waals surface area contributed by atoms with Crippen molar-refractivity contribution in [1.29, 1.82) is 0 Å². The summed E-state index contributed by atoms with van der Waals surface area (Å²) in [6.45, 7) is 13.9. The van der Waals surface area contributed by atoms with E-state index >= 15 is 0 Å². The number of hydrogen-bond donors (Lipinski definition) is 1. The highest BCUT2D eigenvalue weighted by Crippen LogP contribution is 2.56. The number of phosphoric ester groups is 1. The summed E-state index contributed by atoms with van der Waals surface area (Å²) in [5.74, 6) is 1.85. The van der Waals surface area contributed by atoms with Gasteiger partial charge in [0.1, 0.15) is 0 Å². The Kier molecular flexibility index (Phi) is 9.59. The van der Waals surface area contributed by atoms with Crippen LogP contribution in [0.2, 0.25) is 0 Å². The minimum Gasteiger partial charge on any atom is -0.493 e. The average molecular weight is 550 g/mol. The number of ether oxygens (including phenoxy) is 3. The Morgan fingerprint density at radius 3 is 2.08 bits per heavy atom. The zero-order valence-electron chi connectivity index (χ0n) is 24.5. The van der Waals surface area contributed by atoms with Crippen molar-refractivity contribution >= 4 is 7.82 Å². The van der Waals surface area contributed by atoms with Gasteiger partial charge in [0.15, 0.2) is 11.5 Å². The summed E-state index contributed by atoms with van der Waals surface area (Å²) in [5, 5.41) is 3.62. The SMILES string of the molecule is CCN[C@H]1CCc2cc(OC)c(OC)c(OC)c2-c2ccc(COP(=O)(OC(C)(C)C)OC(C)(C)C)cc21. The molecule has 38 heavy (non-hydrogen) atoms. The smallest absolute Gasteiger partial charge is 0.476 e. The summed E-state index contributed by atoms with van der Waals surface area (Å²) >= 11 is 0. The number of nitrogens with one attached hydrogen (secondary N) is 1. The second kappa shape index (κ2) is 12.0. The normalized spacial score (nSPS) is 15.9. The molecule has 1 aliphatic rings. The van der Waals surface area contributed by atoms with Crippen molar-refractivity contribution in [2.75, 3.05) is 27.9 Å². The molecule has 0 radical (unpaired) electrons. The highest BCUT2D eigenvalue weighted by atomic mass is 31.2. The molecule has 0 heterocycles. The van der Waals surface area contributed by atoms with Crippen molar-refractivity contribution in [2.45, 2.75) is 85.2 Å². The van der Waals surface area contributed by atoms with Gasteiger partial charge in [0, 0.05) is 11.6 Å². The summed E-state index contributed by atoms with van der Waals surface area (Å²) in [4.78, 5) is 0. The molecule has 0 aliphatic heterocycles. The first-order valence-electron chi connectivity index (χ1n) is 13.1.